The lowest BCUT2D eigenvalue weighted by Crippen LogP contribution is -2.31. The number of carbonyl (C=O) groups is 2. The molecule has 1 atom stereocenters. The van der Waals surface area contributed by atoms with E-state index in [1.54, 1.807) is 18.2 Å². The van der Waals surface area contributed by atoms with E-state index in [1.807, 2.05) is 20.8 Å². The SMILES string of the molecule is Cc1cc(Cl)ccc1C(=O)NCC(CC(=O)O)CC(C)C. The van der Waals surface area contributed by atoms with Gasteiger partial charge in [0, 0.05) is 23.6 Å². The van der Waals surface area contributed by atoms with Gasteiger partial charge in [0.15, 0.2) is 0 Å². The van der Waals surface area contributed by atoms with Gasteiger partial charge in [0.1, 0.15) is 0 Å². The van der Waals surface area contributed by atoms with E-state index in [9.17, 15) is 9.59 Å². The number of halogens is 1. The number of aliphatic carboxylic acids is 1. The summed E-state index contributed by atoms with van der Waals surface area (Å²) in [7, 11) is 0. The van der Waals surface area contributed by atoms with E-state index in [0.29, 0.717) is 23.0 Å². The van der Waals surface area contributed by atoms with Crippen LogP contribution in [0.1, 0.15) is 42.6 Å². The minimum atomic E-state index is -0.836. The Labute approximate surface area is 130 Å². The molecule has 1 aromatic carbocycles. The van der Waals surface area contributed by atoms with Crippen molar-refractivity contribution in [3.63, 3.8) is 0 Å². The van der Waals surface area contributed by atoms with E-state index in [0.717, 1.165) is 12.0 Å². The van der Waals surface area contributed by atoms with Crippen molar-refractivity contribution in [2.45, 2.75) is 33.6 Å². The molecule has 1 rings (SSSR count). The lowest BCUT2D eigenvalue weighted by atomic mass is 9.94. The average molecular weight is 312 g/mol. The number of hydrogen-bond acceptors (Lipinski definition) is 2. The third-order valence-corrected chi connectivity index (χ3v) is 3.49. The fraction of sp³-hybridized carbons (Fsp3) is 0.500. The number of nitrogens with one attached hydrogen (secondary N) is 1. The topological polar surface area (TPSA) is 66.4 Å². The Balaban J connectivity index is 2.65. The minimum Gasteiger partial charge on any atom is -0.481 e. The first-order chi connectivity index (χ1) is 9.79. The van der Waals surface area contributed by atoms with E-state index >= 15 is 0 Å². The van der Waals surface area contributed by atoms with E-state index in [1.165, 1.54) is 0 Å². The molecule has 1 unspecified atom stereocenters. The van der Waals surface area contributed by atoms with Gasteiger partial charge in [-0.25, -0.2) is 0 Å². The molecule has 1 aromatic rings. The molecule has 0 saturated carbocycles. The van der Waals surface area contributed by atoms with Gasteiger partial charge in [-0.3, -0.25) is 9.59 Å². The molecule has 0 heterocycles. The second-order valence-corrected chi connectivity index (χ2v) is 6.20. The van der Waals surface area contributed by atoms with Gasteiger partial charge < -0.3 is 10.4 Å². The first-order valence-electron chi connectivity index (χ1n) is 7.05. The van der Waals surface area contributed by atoms with Crippen molar-refractivity contribution in [1.29, 1.82) is 0 Å². The molecule has 0 aromatic heterocycles. The maximum absolute atomic E-state index is 12.2. The molecule has 0 fully saturated rings. The van der Waals surface area contributed by atoms with E-state index in [-0.39, 0.29) is 18.2 Å². The number of carboxylic acids is 1. The van der Waals surface area contributed by atoms with Crippen LogP contribution in [0.2, 0.25) is 5.02 Å². The molecule has 1 amide bonds. The number of benzene rings is 1. The van der Waals surface area contributed by atoms with Crippen molar-refractivity contribution in [3.8, 4) is 0 Å². The number of rotatable bonds is 7. The zero-order chi connectivity index (χ0) is 16.0. The highest BCUT2D eigenvalue weighted by molar-refractivity contribution is 6.30. The predicted octanol–water partition coefficient (Wildman–Crippen LogP) is 3.52. The lowest BCUT2D eigenvalue weighted by Gasteiger charge is -2.18. The summed E-state index contributed by atoms with van der Waals surface area (Å²) in [5, 5.41) is 12.3. The molecule has 0 aliphatic carbocycles. The summed E-state index contributed by atoms with van der Waals surface area (Å²) in [6, 6.07) is 5.09. The number of aryl methyl sites for hydroxylation is 1. The van der Waals surface area contributed by atoms with Crippen LogP contribution in [-0.4, -0.2) is 23.5 Å². The first-order valence-corrected chi connectivity index (χ1v) is 7.43. The van der Waals surface area contributed by atoms with Gasteiger partial charge in [0.05, 0.1) is 0 Å². The summed E-state index contributed by atoms with van der Waals surface area (Å²) >= 11 is 5.87. The molecule has 4 nitrogen and oxygen atoms in total. The van der Waals surface area contributed by atoms with Gasteiger partial charge in [-0.15, -0.1) is 0 Å². The fourth-order valence-corrected chi connectivity index (χ4v) is 2.59. The van der Waals surface area contributed by atoms with Crippen LogP contribution in [0.15, 0.2) is 18.2 Å². The molecular formula is C16H22ClNO3. The van der Waals surface area contributed by atoms with Crippen LogP contribution < -0.4 is 5.32 Å². The zero-order valence-corrected chi connectivity index (χ0v) is 13.4. The van der Waals surface area contributed by atoms with Crippen molar-refractivity contribution in [1.82, 2.24) is 5.32 Å². The van der Waals surface area contributed by atoms with Crippen LogP contribution >= 0.6 is 11.6 Å². The number of amides is 1. The van der Waals surface area contributed by atoms with E-state index < -0.39 is 5.97 Å². The third kappa shape index (κ3) is 6.17. The summed E-state index contributed by atoms with van der Waals surface area (Å²) in [5.74, 6) is -0.691. The number of carbonyl (C=O) groups excluding carboxylic acids is 1. The molecule has 0 aliphatic heterocycles. The highest BCUT2D eigenvalue weighted by Crippen LogP contribution is 2.17. The highest BCUT2D eigenvalue weighted by Gasteiger charge is 2.17. The molecule has 0 bridgehead atoms. The largest absolute Gasteiger partial charge is 0.481 e. The van der Waals surface area contributed by atoms with Crippen molar-refractivity contribution in [3.05, 3.63) is 34.3 Å². The van der Waals surface area contributed by atoms with Crippen molar-refractivity contribution in [2.75, 3.05) is 6.54 Å². The van der Waals surface area contributed by atoms with Crippen LogP contribution in [0.25, 0.3) is 0 Å². The third-order valence-electron chi connectivity index (χ3n) is 3.25. The predicted molar refractivity (Wildman–Crippen MR) is 83.7 cm³/mol. The molecular weight excluding hydrogens is 290 g/mol. The van der Waals surface area contributed by atoms with Crippen molar-refractivity contribution < 1.29 is 14.7 Å². The standard InChI is InChI=1S/C16H22ClNO3/c1-10(2)6-12(8-15(19)20)9-18-16(21)14-5-4-13(17)7-11(14)3/h4-5,7,10,12H,6,8-9H2,1-3H3,(H,18,21)(H,19,20). The quantitative estimate of drug-likeness (QED) is 0.809. The van der Waals surface area contributed by atoms with Crippen LogP contribution in [-0.2, 0) is 4.79 Å². The minimum absolute atomic E-state index is 0.0564. The first kappa shape index (κ1) is 17.5. The normalized spacial score (nSPS) is 12.2. The van der Waals surface area contributed by atoms with Gasteiger partial charge >= 0.3 is 5.97 Å². The smallest absolute Gasteiger partial charge is 0.303 e. The molecule has 0 radical (unpaired) electrons. The van der Waals surface area contributed by atoms with Crippen LogP contribution in [0.4, 0.5) is 0 Å². The molecule has 0 aliphatic rings. The fourth-order valence-electron chi connectivity index (χ4n) is 2.37. The lowest BCUT2D eigenvalue weighted by molar-refractivity contribution is -0.138. The van der Waals surface area contributed by atoms with Crippen LogP contribution in [0, 0.1) is 18.8 Å². The highest BCUT2D eigenvalue weighted by atomic mass is 35.5. The van der Waals surface area contributed by atoms with Crippen LogP contribution in [0.3, 0.4) is 0 Å². The summed E-state index contributed by atoms with van der Waals surface area (Å²) in [5.41, 5.74) is 1.37. The Morgan fingerprint density at radius 1 is 1.33 bits per heavy atom. The second kappa shape index (κ2) is 8.03. The Bertz CT molecular complexity index is 514. The maximum Gasteiger partial charge on any atom is 0.303 e. The summed E-state index contributed by atoms with van der Waals surface area (Å²) in [6.07, 6.45) is 0.838. The van der Waals surface area contributed by atoms with Crippen LogP contribution in [0.5, 0.6) is 0 Å². The summed E-state index contributed by atoms with van der Waals surface area (Å²) in [6.45, 7) is 6.27. The maximum atomic E-state index is 12.2. The molecule has 5 heteroatoms. The zero-order valence-electron chi connectivity index (χ0n) is 12.6. The Kier molecular flexibility index (Phi) is 6.69. The molecule has 21 heavy (non-hydrogen) atoms. The Hall–Kier alpha value is -1.55. The van der Waals surface area contributed by atoms with E-state index in [4.69, 9.17) is 16.7 Å². The molecule has 2 N–H and O–H groups in total. The van der Waals surface area contributed by atoms with Gasteiger partial charge in [-0.2, -0.15) is 0 Å². The number of hydrogen-bond donors (Lipinski definition) is 2. The molecule has 0 saturated heterocycles. The van der Waals surface area contributed by atoms with Crippen molar-refractivity contribution in [2.24, 2.45) is 11.8 Å². The molecule has 116 valence electrons. The van der Waals surface area contributed by atoms with Gasteiger partial charge in [0.2, 0.25) is 0 Å². The van der Waals surface area contributed by atoms with E-state index in [2.05, 4.69) is 5.32 Å². The monoisotopic (exact) mass is 311 g/mol. The summed E-state index contributed by atoms with van der Waals surface area (Å²) < 4.78 is 0. The Morgan fingerprint density at radius 3 is 2.52 bits per heavy atom. The number of carboxylic acid groups (broad SMARTS) is 1. The molecule has 0 spiro atoms. The Morgan fingerprint density at radius 2 is 2.00 bits per heavy atom. The summed E-state index contributed by atoms with van der Waals surface area (Å²) in [4.78, 5) is 23.0. The van der Waals surface area contributed by atoms with Gasteiger partial charge in [-0.1, -0.05) is 25.4 Å². The average Bonchev–Trinajstić information content (AvgIpc) is 2.34. The van der Waals surface area contributed by atoms with Crippen molar-refractivity contribution >= 4 is 23.5 Å². The van der Waals surface area contributed by atoms with Gasteiger partial charge in [0.25, 0.3) is 5.91 Å². The van der Waals surface area contributed by atoms with Gasteiger partial charge in [-0.05, 0) is 48.9 Å². The second-order valence-electron chi connectivity index (χ2n) is 5.76.